The normalized spacial score (nSPS) is 13.1. The third-order valence-electron chi connectivity index (χ3n) is 11.0. The zero-order chi connectivity index (χ0) is 34.6. The standard InChI is InChI=1S/C23H18.C21H25.C5H5.2ClH.Zr/c1-3-16-22-18(8-1)10-5-12-20(22)14-7-15-21-13-6-11-19-9-2-4-17-23(19)21;1-20(2,3)16-9-7-14-11-15-8-10-17(21(4,5)6)13-19(15)18(14)12-16;1-2-4-5-3-1;;;/h1-6,8-13,16-17H,14-15H2;7,9-10,12-13H,11H2,1-6H3;1-3H,4H2;2*1H;/q;;;;;+2/p-2. The van der Waals surface area contributed by atoms with Crippen LogP contribution in [0, 0.1) is 0 Å². The zero-order valence-corrected chi connectivity index (χ0v) is 35.3. The van der Waals surface area contributed by atoms with Crippen molar-refractivity contribution >= 4 is 28.0 Å². The molecule has 6 aromatic rings. The molecule has 0 atom stereocenters. The molecule has 52 heavy (non-hydrogen) atoms. The van der Waals surface area contributed by atoms with Crippen LogP contribution in [0.1, 0.15) is 81.3 Å². The van der Waals surface area contributed by atoms with Crippen molar-refractivity contribution in [1.82, 2.24) is 0 Å². The fraction of sp³-hybridized carbons (Fsp3) is 0.245. The van der Waals surface area contributed by atoms with Gasteiger partial charge in [-0.05, 0) is 0 Å². The molecule has 0 fully saturated rings. The summed E-state index contributed by atoms with van der Waals surface area (Å²) in [6, 6.07) is 44.5. The van der Waals surface area contributed by atoms with Crippen LogP contribution in [0.2, 0.25) is 0 Å². The summed E-state index contributed by atoms with van der Waals surface area (Å²) in [5.41, 5.74) is 12.0. The third-order valence-corrected chi connectivity index (χ3v) is 18.5. The van der Waals surface area contributed by atoms with E-state index in [1.165, 1.54) is 60.5 Å². The van der Waals surface area contributed by atoms with Crippen molar-refractivity contribution < 1.29 is 46.1 Å². The molecule has 2 aliphatic carbocycles. The molecule has 262 valence electrons. The Kier molecular flexibility index (Phi) is 11.2. The van der Waals surface area contributed by atoms with Gasteiger partial charge in [0.05, 0.1) is 0 Å². The maximum atomic E-state index is 2.69. The first kappa shape index (κ1) is 38.4. The van der Waals surface area contributed by atoms with E-state index in [-0.39, 0.29) is 35.6 Å². The van der Waals surface area contributed by atoms with Gasteiger partial charge in [-0.15, -0.1) is 0 Å². The van der Waals surface area contributed by atoms with E-state index >= 15 is 0 Å². The first-order valence-electron chi connectivity index (χ1n) is 18.4. The van der Waals surface area contributed by atoms with Gasteiger partial charge in [0.1, 0.15) is 0 Å². The predicted molar refractivity (Wildman–Crippen MR) is 214 cm³/mol. The van der Waals surface area contributed by atoms with Gasteiger partial charge in [0, 0.05) is 0 Å². The number of hydrogen-bond acceptors (Lipinski definition) is 0. The number of hydrogen-bond donors (Lipinski definition) is 0. The molecule has 0 N–H and O–H groups in total. The van der Waals surface area contributed by atoms with E-state index in [1.807, 2.05) is 0 Å². The van der Waals surface area contributed by atoms with Crippen LogP contribution in [-0.2, 0) is 51.4 Å². The molecule has 0 aromatic heterocycles. The Morgan fingerprint density at radius 2 is 1.15 bits per heavy atom. The van der Waals surface area contributed by atoms with E-state index in [4.69, 9.17) is 0 Å². The topological polar surface area (TPSA) is 0 Å². The summed E-state index contributed by atoms with van der Waals surface area (Å²) in [5, 5.41) is 5.45. The molecule has 0 saturated carbocycles. The molecule has 0 amide bonds. The molecule has 0 unspecified atom stereocenters. The molecular formula is C49H48Cl2Zr. The van der Waals surface area contributed by atoms with Gasteiger partial charge in [0.25, 0.3) is 0 Å². The number of halogens is 2. The molecule has 0 heterocycles. The Hall–Kier alpha value is -3.35. The second-order valence-corrected chi connectivity index (χ2v) is 23.0. The van der Waals surface area contributed by atoms with Gasteiger partial charge in [0.2, 0.25) is 0 Å². The summed E-state index contributed by atoms with van der Waals surface area (Å²) in [5.74, 6) is 0. The quantitative estimate of drug-likeness (QED) is 0.197. The van der Waals surface area contributed by atoms with Gasteiger partial charge in [-0.3, -0.25) is 0 Å². The van der Waals surface area contributed by atoms with Crippen LogP contribution in [0.25, 0.3) is 32.7 Å². The number of fused-ring (bicyclic) bond motifs is 5. The summed E-state index contributed by atoms with van der Waals surface area (Å²) in [6.45, 7) is 14.2. The van der Waals surface area contributed by atoms with Crippen molar-refractivity contribution in [3.05, 3.63) is 170 Å². The van der Waals surface area contributed by atoms with E-state index in [0.29, 0.717) is 0 Å². The van der Waals surface area contributed by atoms with Crippen LogP contribution in [0.15, 0.2) is 137 Å². The van der Waals surface area contributed by atoms with E-state index in [2.05, 4.69) is 175 Å². The van der Waals surface area contributed by atoms with Crippen molar-refractivity contribution in [3.8, 4) is 11.1 Å². The largest absolute Gasteiger partial charge is 1.00 e. The van der Waals surface area contributed by atoms with Crippen LogP contribution in [-0.4, -0.2) is 3.21 Å². The van der Waals surface area contributed by atoms with Gasteiger partial charge >= 0.3 is 309 Å². The summed E-state index contributed by atoms with van der Waals surface area (Å²) in [6.07, 6.45) is 11.4. The fourth-order valence-corrected chi connectivity index (χ4v) is 16.4. The fourth-order valence-electron chi connectivity index (χ4n) is 8.21. The monoisotopic (exact) mass is 796 g/mol. The van der Waals surface area contributed by atoms with Crippen molar-refractivity contribution in [3.63, 3.8) is 0 Å². The predicted octanol–water partition coefficient (Wildman–Crippen LogP) is 5.91. The molecule has 6 aromatic carbocycles. The van der Waals surface area contributed by atoms with Crippen LogP contribution in [0.4, 0.5) is 0 Å². The Bertz CT molecular complexity index is 2300. The molecule has 8 rings (SSSR count). The second kappa shape index (κ2) is 15.2. The van der Waals surface area contributed by atoms with Gasteiger partial charge in [0.15, 0.2) is 0 Å². The average Bonchev–Trinajstić information content (AvgIpc) is 3.76. The van der Waals surface area contributed by atoms with Crippen LogP contribution in [0.5, 0.6) is 0 Å². The number of allylic oxidation sites excluding steroid dienone is 4. The van der Waals surface area contributed by atoms with Crippen molar-refractivity contribution in [2.24, 2.45) is 0 Å². The molecule has 0 aliphatic heterocycles. The van der Waals surface area contributed by atoms with Gasteiger partial charge < -0.3 is 24.8 Å². The Morgan fingerprint density at radius 3 is 1.71 bits per heavy atom. The molecule has 0 bridgehead atoms. The summed E-state index contributed by atoms with van der Waals surface area (Å²) in [7, 11) is 0. The van der Waals surface area contributed by atoms with E-state index < -0.39 is 21.3 Å². The molecule has 0 saturated heterocycles. The second-order valence-electron chi connectivity index (χ2n) is 16.5. The van der Waals surface area contributed by atoms with Crippen LogP contribution >= 0.6 is 0 Å². The molecule has 2 aliphatic rings. The SMILES string of the molecule is CC(C)(C)c1ccc2c(c1)-c1cc(C(C)(C)C)c[c]([Zr+2]([C]3=CC=CC3)=[C](Cc3cccc4ccccc34)Cc3cccc4ccccc34)c1C2.[Cl-].[Cl-]. The molecule has 0 radical (unpaired) electrons. The summed E-state index contributed by atoms with van der Waals surface area (Å²) >= 11 is -2.73. The van der Waals surface area contributed by atoms with Gasteiger partial charge in [-0.2, -0.15) is 0 Å². The Labute approximate surface area is 331 Å². The minimum Gasteiger partial charge on any atom is -1.00 e. The third kappa shape index (κ3) is 7.40. The van der Waals surface area contributed by atoms with Crippen molar-refractivity contribution in [2.75, 3.05) is 0 Å². The molecular weight excluding hydrogens is 751 g/mol. The molecule has 0 nitrogen and oxygen atoms in total. The van der Waals surface area contributed by atoms with Crippen molar-refractivity contribution in [1.29, 1.82) is 0 Å². The Morgan fingerprint density at radius 1 is 0.596 bits per heavy atom. The van der Waals surface area contributed by atoms with E-state index in [1.54, 1.807) is 15.3 Å². The minimum absolute atomic E-state index is 0. The van der Waals surface area contributed by atoms with Crippen LogP contribution < -0.4 is 28.1 Å². The average molecular weight is 799 g/mol. The van der Waals surface area contributed by atoms with E-state index in [9.17, 15) is 0 Å². The minimum atomic E-state index is -2.73. The number of benzene rings is 6. The summed E-state index contributed by atoms with van der Waals surface area (Å²) < 4.78 is 5.19. The van der Waals surface area contributed by atoms with E-state index in [0.717, 1.165) is 25.7 Å². The van der Waals surface area contributed by atoms with Crippen molar-refractivity contribution in [2.45, 2.75) is 78.1 Å². The Balaban J connectivity index is 0.00000232. The smallest absolute Gasteiger partial charge is 1.00 e. The number of rotatable bonds is 6. The van der Waals surface area contributed by atoms with Crippen LogP contribution in [0.3, 0.4) is 0 Å². The maximum absolute atomic E-state index is 2.73. The van der Waals surface area contributed by atoms with Gasteiger partial charge in [-0.25, -0.2) is 0 Å². The molecule has 3 heteroatoms. The summed E-state index contributed by atoms with van der Waals surface area (Å²) in [4.78, 5) is 0. The van der Waals surface area contributed by atoms with Gasteiger partial charge in [-0.1, -0.05) is 0 Å². The maximum Gasteiger partial charge on any atom is -1.00 e. The zero-order valence-electron chi connectivity index (χ0n) is 31.3. The first-order valence-corrected chi connectivity index (χ1v) is 22.1. The molecule has 0 spiro atoms. The first-order chi connectivity index (χ1) is 24.0.